The van der Waals surface area contributed by atoms with E-state index in [0.717, 1.165) is 0 Å². The zero-order valence-electron chi connectivity index (χ0n) is 14.1. The molecule has 0 aromatic heterocycles. The quantitative estimate of drug-likeness (QED) is 0.622. The Balaban J connectivity index is 2.08. The molecule has 5 N–H and O–H groups in total. The van der Waals surface area contributed by atoms with Crippen molar-refractivity contribution < 1.29 is 14.4 Å². The number of hydrogen-bond donors (Lipinski definition) is 4. The summed E-state index contributed by atoms with van der Waals surface area (Å²) in [4.78, 5) is 35.1. The van der Waals surface area contributed by atoms with E-state index in [1.807, 2.05) is 0 Å². The van der Waals surface area contributed by atoms with Gasteiger partial charge in [-0.2, -0.15) is 0 Å². The van der Waals surface area contributed by atoms with Crippen LogP contribution < -0.4 is 21.7 Å². The van der Waals surface area contributed by atoms with E-state index in [-0.39, 0.29) is 18.2 Å². The molecule has 0 spiro atoms. The number of anilines is 1. The van der Waals surface area contributed by atoms with Gasteiger partial charge >= 0.3 is 6.03 Å². The smallest absolute Gasteiger partial charge is 0.312 e. The second kappa shape index (κ2) is 8.87. The van der Waals surface area contributed by atoms with Gasteiger partial charge in [-0.1, -0.05) is 29.8 Å². The fraction of sp³-hybridized carbons (Fsp3) is 0.167. The summed E-state index contributed by atoms with van der Waals surface area (Å²) in [6, 6.07) is 11.9. The van der Waals surface area contributed by atoms with Crippen LogP contribution in [0.15, 0.2) is 48.5 Å². The first-order valence-electron chi connectivity index (χ1n) is 7.83. The number of halogens is 1. The van der Waals surface area contributed by atoms with Crippen molar-refractivity contribution in [2.75, 3.05) is 12.4 Å². The van der Waals surface area contributed by atoms with Crippen LogP contribution in [0.2, 0.25) is 5.02 Å². The van der Waals surface area contributed by atoms with Crippen LogP contribution in [0.3, 0.4) is 0 Å². The number of urea groups is 1. The third-order valence-corrected chi connectivity index (χ3v) is 3.99. The van der Waals surface area contributed by atoms with Crippen molar-refractivity contribution in [2.24, 2.45) is 5.73 Å². The van der Waals surface area contributed by atoms with Gasteiger partial charge in [-0.05, 0) is 35.9 Å². The molecule has 1 atom stereocenters. The van der Waals surface area contributed by atoms with E-state index in [0.29, 0.717) is 21.8 Å². The van der Waals surface area contributed by atoms with Crippen molar-refractivity contribution in [3.05, 3.63) is 64.7 Å². The van der Waals surface area contributed by atoms with Gasteiger partial charge in [0.2, 0.25) is 5.91 Å². The van der Waals surface area contributed by atoms with Gasteiger partial charge in [-0.3, -0.25) is 9.59 Å². The predicted octanol–water partition coefficient (Wildman–Crippen LogP) is 2.44. The minimum Gasteiger partial charge on any atom is -0.355 e. The molecule has 7 nitrogen and oxygen atoms in total. The monoisotopic (exact) mass is 374 g/mol. The summed E-state index contributed by atoms with van der Waals surface area (Å²) in [5, 5.41) is 8.18. The molecule has 0 heterocycles. The Kier molecular flexibility index (Phi) is 6.57. The van der Waals surface area contributed by atoms with Crippen LogP contribution in [0.25, 0.3) is 0 Å². The normalized spacial score (nSPS) is 11.3. The lowest BCUT2D eigenvalue weighted by molar-refractivity contribution is -0.116. The van der Waals surface area contributed by atoms with Crippen LogP contribution in [-0.2, 0) is 4.79 Å². The Morgan fingerprint density at radius 3 is 2.31 bits per heavy atom. The standard InChI is InChI=1S/C18H19ClN4O3/c1-21-17(25)11-6-8-12(9-7-11)22-16(24)10-15(23-18(20)26)13-4-2-3-5-14(13)19/h2-9,15H,10H2,1H3,(H,21,25)(H,22,24)(H3,20,23,26)/t15-/m1/s1. The SMILES string of the molecule is CNC(=O)c1ccc(NC(=O)C[C@@H](NC(N)=O)c2ccccc2Cl)cc1. The van der Waals surface area contributed by atoms with Crippen molar-refractivity contribution >= 4 is 35.1 Å². The molecule has 8 heteroatoms. The van der Waals surface area contributed by atoms with Gasteiger partial charge in [-0.15, -0.1) is 0 Å². The second-order valence-electron chi connectivity index (χ2n) is 5.49. The molecular formula is C18H19ClN4O3. The topological polar surface area (TPSA) is 113 Å². The Bertz CT molecular complexity index is 808. The fourth-order valence-corrected chi connectivity index (χ4v) is 2.68. The number of benzene rings is 2. The number of nitrogens with one attached hydrogen (secondary N) is 3. The largest absolute Gasteiger partial charge is 0.355 e. The summed E-state index contributed by atoms with van der Waals surface area (Å²) in [5.41, 5.74) is 6.81. The van der Waals surface area contributed by atoms with Crippen LogP contribution in [-0.4, -0.2) is 24.9 Å². The Morgan fingerprint density at radius 2 is 1.73 bits per heavy atom. The number of carbonyl (C=O) groups excluding carboxylic acids is 3. The summed E-state index contributed by atoms with van der Waals surface area (Å²) in [6.45, 7) is 0. The predicted molar refractivity (Wildman–Crippen MR) is 100.0 cm³/mol. The van der Waals surface area contributed by atoms with E-state index < -0.39 is 12.1 Å². The van der Waals surface area contributed by atoms with Crippen LogP contribution in [0, 0.1) is 0 Å². The zero-order valence-corrected chi connectivity index (χ0v) is 14.8. The molecule has 0 unspecified atom stereocenters. The van der Waals surface area contributed by atoms with Crippen molar-refractivity contribution in [1.29, 1.82) is 0 Å². The fourth-order valence-electron chi connectivity index (χ4n) is 2.41. The van der Waals surface area contributed by atoms with E-state index >= 15 is 0 Å². The van der Waals surface area contributed by atoms with Gasteiger partial charge in [0, 0.05) is 23.3 Å². The van der Waals surface area contributed by atoms with Gasteiger partial charge in [0.25, 0.3) is 5.91 Å². The lowest BCUT2D eigenvalue weighted by Crippen LogP contribution is -2.35. The van der Waals surface area contributed by atoms with Gasteiger partial charge in [0.1, 0.15) is 0 Å². The molecule has 0 aliphatic rings. The lowest BCUT2D eigenvalue weighted by atomic mass is 10.0. The summed E-state index contributed by atoms with van der Waals surface area (Å²) in [6.07, 6.45) is -0.0517. The number of primary amides is 1. The molecule has 0 fully saturated rings. The maximum atomic E-state index is 12.3. The van der Waals surface area contributed by atoms with Crippen molar-refractivity contribution in [3.63, 3.8) is 0 Å². The number of hydrogen-bond acceptors (Lipinski definition) is 3. The van der Waals surface area contributed by atoms with E-state index in [2.05, 4.69) is 16.0 Å². The van der Waals surface area contributed by atoms with Crippen LogP contribution in [0.4, 0.5) is 10.5 Å². The van der Waals surface area contributed by atoms with E-state index in [1.165, 1.54) is 0 Å². The van der Waals surface area contributed by atoms with Gasteiger partial charge in [-0.25, -0.2) is 4.79 Å². The highest BCUT2D eigenvalue weighted by molar-refractivity contribution is 6.31. The molecule has 4 amide bonds. The molecular weight excluding hydrogens is 356 g/mol. The van der Waals surface area contributed by atoms with Crippen molar-refractivity contribution in [2.45, 2.75) is 12.5 Å². The Hall–Kier alpha value is -3.06. The number of rotatable bonds is 6. The first kappa shape index (κ1) is 19.3. The van der Waals surface area contributed by atoms with E-state index in [1.54, 1.807) is 55.6 Å². The maximum Gasteiger partial charge on any atom is 0.312 e. The van der Waals surface area contributed by atoms with E-state index in [9.17, 15) is 14.4 Å². The third kappa shape index (κ3) is 5.22. The molecule has 136 valence electrons. The minimum atomic E-state index is -0.752. The van der Waals surface area contributed by atoms with E-state index in [4.69, 9.17) is 17.3 Å². The Morgan fingerprint density at radius 1 is 1.08 bits per heavy atom. The summed E-state index contributed by atoms with van der Waals surface area (Å²) in [5.74, 6) is -0.552. The highest BCUT2D eigenvalue weighted by Crippen LogP contribution is 2.25. The molecule has 2 aromatic carbocycles. The second-order valence-corrected chi connectivity index (χ2v) is 5.90. The van der Waals surface area contributed by atoms with Gasteiger partial charge in [0.15, 0.2) is 0 Å². The zero-order chi connectivity index (χ0) is 19.1. The average molecular weight is 375 g/mol. The van der Waals surface area contributed by atoms with Crippen molar-refractivity contribution in [1.82, 2.24) is 10.6 Å². The van der Waals surface area contributed by atoms with Crippen LogP contribution in [0.5, 0.6) is 0 Å². The molecule has 2 aromatic rings. The minimum absolute atomic E-state index is 0.0517. The number of nitrogens with two attached hydrogens (primary N) is 1. The summed E-state index contributed by atoms with van der Waals surface area (Å²) < 4.78 is 0. The molecule has 0 saturated carbocycles. The molecule has 0 aliphatic carbocycles. The molecule has 0 bridgehead atoms. The highest BCUT2D eigenvalue weighted by Gasteiger charge is 2.20. The maximum absolute atomic E-state index is 12.3. The number of carbonyl (C=O) groups is 3. The molecule has 0 aliphatic heterocycles. The third-order valence-electron chi connectivity index (χ3n) is 3.64. The average Bonchev–Trinajstić information content (AvgIpc) is 2.61. The number of amides is 4. The first-order chi connectivity index (χ1) is 12.4. The molecule has 26 heavy (non-hydrogen) atoms. The van der Waals surface area contributed by atoms with Crippen LogP contribution in [0.1, 0.15) is 28.4 Å². The summed E-state index contributed by atoms with van der Waals surface area (Å²) >= 11 is 6.15. The van der Waals surface area contributed by atoms with Crippen molar-refractivity contribution in [3.8, 4) is 0 Å². The molecule has 2 rings (SSSR count). The van der Waals surface area contributed by atoms with Gasteiger partial charge < -0.3 is 21.7 Å². The summed E-state index contributed by atoms with van der Waals surface area (Å²) in [7, 11) is 1.54. The molecule has 0 radical (unpaired) electrons. The molecule has 0 saturated heterocycles. The van der Waals surface area contributed by atoms with Crippen LogP contribution >= 0.6 is 11.6 Å². The van der Waals surface area contributed by atoms with Gasteiger partial charge in [0.05, 0.1) is 12.5 Å². The lowest BCUT2D eigenvalue weighted by Gasteiger charge is -2.19. The Labute approximate surface area is 155 Å². The highest BCUT2D eigenvalue weighted by atomic mass is 35.5. The first-order valence-corrected chi connectivity index (χ1v) is 8.21.